The van der Waals surface area contributed by atoms with Gasteiger partial charge in [-0.1, -0.05) is 25.1 Å². The maximum atomic E-state index is 13.9. The van der Waals surface area contributed by atoms with Gasteiger partial charge in [-0.2, -0.15) is 0 Å². The number of fused-ring (bicyclic) bond motifs is 1. The summed E-state index contributed by atoms with van der Waals surface area (Å²) in [6, 6.07) is 12.1. The molecule has 0 atom stereocenters. The van der Waals surface area contributed by atoms with E-state index in [2.05, 4.69) is 15.6 Å². The molecule has 2 N–H and O–H groups in total. The maximum Gasteiger partial charge on any atom is 0.195 e. The van der Waals surface area contributed by atoms with E-state index < -0.39 is 9.84 Å². The quantitative estimate of drug-likeness (QED) is 0.283. The van der Waals surface area contributed by atoms with Gasteiger partial charge in [0.2, 0.25) is 0 Å². The van der Waals surface area contributed by atoms with Gasteiger partial charge in [-0.3, -0.25) is 4.99 Å². The van der Waals surface area contributed by atoms with Crippen LogP contribution in [0.15, 0.2) is 47.5 Å². The summed E-state index contributed by atoms with van der Waals surface area (Å²) in [4.78, 5) is 4.39. The van der Waals surface area contributed by atoms with Gasteiger partial charge in [0, 0.05) is 30.5 Å². The van der Waals surface area contributed by atoms with Crippen molar-refractivity contribution in [3.05, 3.63) is 53.8 Å². The molecule has 2 aromatic carbocycles. The maximum absolute atomic E-state index is 13.9. The van der Waals surface area contributed by atoms with Crippen molar-refractivity contribution < 1.29 is 22.3 Å². The molecular weight excluding hydrogens is 548 g/mol. The van der Waals surface area contributed by atoms with Crippen LogP contribution in [-0.4, -0.2) is 52.2 Å². The molecule has 1 heterocycles. The molecule has 0 saturated carbocycles. The molecule has 3 rings (SSSR count). The molecule has 1 aliphatic heterocycles. The molecule has 7 nitrogen and oxygen atoms in total. The number of sulfone groups is 1. The largest absolute Gasteiger partial charge is 0.490 e. The summed E-state index contributed by atoms with van der Waals surface area (Å²) in [5.41, 5.74) is 1.32. The van der Waals surface area contributed by atoms with Crippen LogP contribution in [0.25, 0.3) is 0 Å². The SMILES string of the molecule is CCS(=O)(=O)CCN=C(NCCc1ccccc1F)Nc1ccc2c(c1)OCCCO2.I. The van der Waals surface area contributed by atoms with Crippen molar-refractivity contribution in [1.29, 1.82) is 0 Å². The minimum atomic E-state index is -3.12. The summed E-state index contributed by atoms with van der Waals surface area (Å²) in [5.74, 6) is 1.52. The van der Waals surface area contributed by atoms with E-state index in [4.69, 9.17) is 9.47 Å². The first-order valence-electron chi connectivity index (χ1n) is 10.4. The minimum Gasteiger partial charge on any atom is -0.490 e. The second-order valence-electron chi connectivity index (χ2n) is 7.07. The molecule has 0 amide bonds. The zero-order valence-electron chi connectivity index (χ0n) is 18.0. The van der Waals surface area contributed by atoms with Crippen molar-refractivity contribution in [3.63, 3.8) is 0 Å². The number of hydrogen-bond donors (Lipinski definition) is 2. The monoisotopic (exact) mass is 577 g/mol. The fraction of sp³-hybridized carbons (Fsp3) is 0.409. The van der Waals surface area contributed by atoms with E-state index in [-0.39, 0.29) is 47.8 Å². The van der Waals surface area contributed by atoms with Crippen LogP contribution < -0.4 is 20.1 Å². The Morgan fingerprint density at radius 3 is 2.62 bits per heavy atom. The summed E-state index contributed by atoms with van der Waals surface area (Å²) in [7, 11) is -3.12. The topological polar surface area (TPSA) is 89.0 Å². The Bertz CT molecular complexity index is 1020. The summed E-state index contributed by atoms with van der Waals surface area (Å²) in [6.45, 7) is 3.35. The van der Waals surface area contributed by atoms with Gasteiger partial charge in [-0.05, 0) is 30.2 Å². The van der Waals surface area contributed by atoms with Crippen LogP contribution in [0.5, 0.6) is 11.5 Å². The molecule has 1 aliphatic rings. The lowest BCUT2D eigenvalue weighted by atomic mass is 10.1. The molecule has 0 radical (unpaired) electrons. The van der Waals surface area contributed by atoms with E-state index in [9.17, 15) is 12.8 Å². The number of aliphatic imine (C=N–C) groups is 1. The van der Waals surface area contributed by atoms with Gasteiger partial charge in [0.15, 0.2) is 27.3 Å². The summed E-state index contributed by atoms with van der Waals surface area (Å²) in [6.07, 6.45) is 1.27. The minimum absolute atomic E-state index is 0. The highest BCUT2D eigenvalue weighted by Crippen LogP contribution is 2.32. The normalized spacial score (nSPS) is 13.6. The van der Waals surface area contributed by atoms with Crippen LogP contribution in [0.1, 0.15) is 18.9 Å². The van der Waals surface area contributed by atoms with Crippen LogP contribution in [0.2, 0.25) is 0 Å². The molecule has 0 saturated heterocycles. The van der Waals surface area contributed by atoms with Gasteiger partial charge in [-0.25, -0.2) is 12.8 Å². The molecule has 176 valence electrons. The molecule has 10 heteroatoms. The number of rotatable bonds is 8. The molecule has 0 fully saturated rings. The predicted octanol–water partition coefficient (Wildman–Crippen LogP) is 3.64. The highest BCUT2D eigenvalue weighted by atomic mass is 127. The molecule has 2 aromatic rings. The van der Waals surface area contributed by atoms with E-state index in [1.165, 1.54) is 6.07 Å². The summed E-state index contributed by atoms with van der Waals surface area (Å²) in [5, 5.41) is 6.32. The van der Waals surface area contributed by atoms with Crippen LogP contribution >= 0.6 is 24.0 Å². The van der Waals surface area contributed by atoms with Crippen molar-refractivity contribution in [2.45, 2.75) is 19.8 Å². The standard InChI is InChI=1S/C22H28FN3O4S.HI/c1-2-31(27,28)15-12-25-22(24-11-10-17-6-3-4-7-19(17)23)26-18-8-9-20-21(16-18)30-14-5-13-29-20;/h3-4,6-9,16H,2,5,10-15H2,1H3,(H2,24,25,26);1H. The Hall–Kier alpha value is -2.08. The third-order valence-electron chi connectivity index (χ3n) is 4.77. The first-order chi connectivity index (χ1) is 15.0. The van der Waals surface area contributed by atoms with Gasteiger partial charge in [0.05, 0.1) is 25.5 Å². The van der Waals surface area contributed by atoms with Crippen molar-refractivity contribution >= 4 is 45.5 Å². The molecule has 32 heavy (non-hydrogen) atoms. The average molecular weight is 577 g/mol. The van der Waals surface area contributed by atoms with Crippen molar-refractivity contribution in [1.82, 2.24) is 5.32 Å². The van der Waals surface area contributed by atoms with Crippen molar-refractivity contribution in [2.75, 3.05) is 43.1 Å². The highest BCUT2D eigenvalue weighted by Gasteiger charge is 2.12. The summed E-state index contributed by atoms with van der Waals surface area (Å²) >= 11 is 0. The summed E-state index contributed by atoms with van der Waals surface area (Å²) < 4.78 is 48.8. The van der Waals surface area contributed by atoms with Gasteiger partial charge in [0.25, 0.3) is 0 Å². The second kappa shape index (κ2) is 12.8. The molecule has 0 aliphatic carbocycles. The third kappa shape index (κ3) is 8.12. The number of nitrogens with zero attached hydrogens (tertiary/aromatic N) is 1. The van der Waals surface area contributed by atoms with E-state index >= 15 is 0 Å². The third-order valence-corrected chi connectivity index (χ3v) is 6.45. The Kier molecular flexibility index (Phi) is 10.5. The zero-order valence-corrected chi connectivity index (χ0v) is 21.1. The molecule has 0 unspecified atom stereocenters. The van der Waals surface area contributed by atoms with Crippen LogP contribution in [0, 0.1) is 5.82 Å². The number of ether oxygens (including phenoxy) is 2. The van der Waals surface area contributed by atoms with E-state index in [1.54, 1.807) is 25.1 Å². The van der Waals surface area contributed by atoms with E-state index in [0.717, 1.165) is 12.1 Å². The van der Waals surface area contributed by atoms with Crippen LogP contribution in [0.4, 0.5) is 10.1 Å². The fourth-order valence-electron chi connectivity index (χ4n) is 2.97. The second-order valence-corrected chi connectivity index (χ2v) is 9.54. The van der Waals surface area contributed by atoms with Crippen LogP contribution in [-0.2, 0) is 16.3 Å². The molecule has 0 aromatic heterocycles. The Balaban J connectivity index is 0.00000363. The number of benzene rings is 2. The lowest BCUT2D eigenvalue weighted by molar-refractivity contribution is 0.297. The Labute approximate surface area is 205 Å². The highest BCUT2D eigenvalue weighted by molar-refractivity contribution is 14.0. The molecular formula is C22H29FIN3O4S. The van der Waals surface area contributed by atoms with Gasteiger partial charge in [0.1, 0.15) is 5.82 Å². The first kappa shape index (κ1) is 26.2. The molecule has 0 spiro atoms. The fourth-order valence-corrected chi connectivity index (χ4v) is 3.63. The predicted molar refractivity (Wildman–Crippen MR) is 136 cm³/mol. The number of hydrogen-bond acceptors (Lipinski definition) is 5. The Morgan fingerprint density at radius 1 is 1.12 bits per heavy atom. The van der Waals surface area contributed by atoms with E-state index in [1.807, 2.05) is 18.2 Å². The van der Waals surface area contributed by atoms with Crippen molar-refractivity contribution in [3.8, 4) is 11.5 Å². The Morgan fingerprint density at radius 2 is 1.88 bits per heavy atom. The first-order valence-corrected chi connectivity index (χ1v) is 12.2. The van der Waals surface area contributed by atoms with Gasteiger partial charge < -0.3 is 20.1 Å². The van der Waals surface area contributed by atoms with E-state index in [0.29, 0.717) is 49.2 Å². The number of guanidine groups is 1. The lowest BCUT2D eigenvalue weighted by Crippen LogP contribution is -2.33. The smallest absolute Gasteiger partial charge is 0.195 e. The van der Waals surface area contributed by atoms with Crippen LogP contribution in [0.3, 0.4) is 0 Å². The number of nitrogens with one attached hydrogen (secondary N) is 2. The molecule has 0 bridgehead atoms. The van der Waals surface area contributed by atoms with Gasteiger partial charge in [-0.15, -0.1) is 24.0 Å². The number of halogens is 2. The average Bonchev–Trinajstić information content (AvgIpc) is 3.00. The zero-order chi connectivity index (χ0) is 22.1. The number of anilines is 1. The van der Waals surface area contributed by atoms with Crippen molar-refractivity contribution in [2.24, 2.45) is 4.99 Å². The van der Waals surface area contributed by atoms with Gasteiger partial charge >= 0.3 is 0 Å². The lowest BCUT2D eigenvalue weighted by Gasteiger charge is -2.15.